The van der Waals surface area contributed by atoms with E-state index in [1.165, 1.54) is 17.7 Å². The van der Waals surface area contributed by atoms with Gasteiger partial charge in [0.2, 0.25) is 0 Å². The number of aromatic carboxylic acids is 1. The van der Waals surface area contributed by atoms with E-state index in [0.717, 1.165) is 44.0 Å². The molecule has 2 aromatic rings. The molecule has 1 heterocycles. The summed E-state index contributed by atoms with van der Waals surface area (Å²) in [6.45, 7) is 4.41. The highest BCUT2D eigenvalue weighted by Crippen LogP contribution is 2.12. The van der Waals surface area contributed by atoms with Gasteiger partial charge in [-0.25, -0.2) is 4.79 Å². The largest absolute Gasteiger partial charge is 0.478 e. The summed E-state index contributed by atoms with van der Waals surface area (Å²) in [5, 5.41) is 8.90. The molecule has 0 spiro atoms. The Balaban J connectivity index is 1.51. The number of rotatable bonds is 7. The summed E-state index contributed by atoms with van der Waals surface area (Å²) in [5.41, 5.74) is 3.32. The Hall–Kier alpha value is -2.50. The molecule has 3 rings (SSSR count). The topological polar surface area (TPSA) is 66.8 Å². The maximum Gasteiger partial charge on any atom is 0.335 e. The van der Waals surface area contributed by atoms with Crippen LogP contribution in [0.15, 0.2) is 48.5 Å². The quantitative estimate of drug-likeness (QED) is 0.829. The molecule has 0 amide bonds. The van der Waals surface area contributed by atoms with E-state index in [-0.39, 0.29) is 11.3 Å². The molecule has 0 atom stereocenters. The van der Waals surface area contributed by atoms with Crippen molar-refractivity contribution < 1.29 is 19.4 Å². The molecule has 1 N–H and O–H groups in total. The van der Waals surface area contributed by atoms with Crippen molar-refractivity contribution >= 4 is 11.8 Å². The zero-order valence-electron chi connectivity index (χ0n) is 14.7. The summed E-state index contributed by atoms with van der Waals surface area (Å²) >= 11 is 0. The number of carbonyl (C=O) groups excluding carboxylic acids is 1. The number of hydrogen-bond donors (Lipinski definition) is 1. The second-order valence-corrected chi connectivity index (χ2v) is 6.60. The van der Waals surface area contributed by atoms with Crippen LogP contribution in [-0.2, 0) is 28.9 Å². The van der Waals surface area contributed by atoms with Gasteiger partial charge in [-0.1, -0.05) is 36.4 Å². The van der Waals surface area contributed by atoms with Gasteiger partial charge in [0.1, 0.15) is 5.78 Å². The lowest BCUT2D eigenvalue weighted by Gasteiger charge is -2.26. The van der Waals surface area contributed by atoms with Crippen molar-refractivity contribution in [2.45, 2.75) is 19.4 Å². The van der Waals surface area contributed by atoms with Crippen molar-refractivity contribution in [3.8, 4) is 0 Å². The van der Waals surface area contributed by atoms with Crippen LogP contribution in [0.4, 0.5) is 0 Å². The third-order valence-electron chi connectivity index (χ3n) is 4.54. The minimum Gasteiger partial charge on any atom is -0.478 e. The van der Waals surface area contributed by atoms with Gasteiger partial charge in [-0.05, 0) is 28.8 Å². The number of hydrogen-bond acceptors (Lipinski definition) is 4. The van der Waals surface area contributed by atoms with Gasteiger partial charge in [0.05, 0.1) is 18.8 Å². The van der Waals surface area contributed by atoms with Crippen LogP contribution < -0.4 is 0 Å². The molecule has 1 aliphatic rings. The lowest BCUT2D eigenvalue weighted by Crippen LogP contribution is -2.35. The number of benzene rings is 2. The van der Waals surface area contributed by atoms with E-state index in [1.807, 2.05) is 12.1 Å². The SMILES string of the molecule is O=C(Cc1ccc(CN2CCOCC2)cc1)Cc1ccc(C(=O)O)cc1. The number of morpholine rings is 1. The Bertz CT molecular complexity index is 747. The molecule has 1 saturated heterocycles. The summed E-state index contributed by atoms with van der Waals surface area (Å²) in [7, 11) is 0. The molecule has 26 heavy (non-hydrogen) atoms. The number of carbonyl (C=O) groups is 2. The molecule has 0 bridgehead atoms. The molecular weight excluding hydrogens is 330 g/mol. The Morgan fingerprint density at radius 3 is 1.88 bits per heavy atom. The van der Waals surface area contributed by atoms with Crippen LogP contribution in [0.1, 0.15) is 27.0 Å². The van der Waals surface area contributed by atoms with E-state index in [4.69, 9.17) is 9.84 Å². The fourth-order valence-electron chi connectivity index (χ4n) is 3.06. The fraction of sp³-hybridized carbons (Fsp3) is 0.333. The van der Waals surface area contributed by atoms with Crippen molar-refractivity contribution in [2.75, 3.05) is 26.3 Å². The third kappa shape index (κ3) is 5.25. The number of ketones is 1. The van der Waals surface area contributed by atoms with Crippen LogP contribution in [-0.4, -0.2) is 48.1 Å². The molecule has 1 aliphatic heterocycles. The second-order valence-electron chi connectivity index (χ2n) is 6.60. The predicted octanol–water partition coefficient (Wildman–Crippen LogP) is 2.57. The van der Waals surface area contributed by atoms with Gasteiger partial charge in [-0.2, -0.15) is 0 Å². The second kappa shape index (κ2) is 8.74. The molecule has 0 saturated carbocycles. The summed E-state index contributed by atoms with van der Waals surface area (Å²) < 4.78 is 5.36. The first-order chi connectivity index (χ1) is 12.6. The zero-order chi connectivity index (χ0) is 18.4. The van der Waals surface area contributed by atoms with Crippen LogP contribution >= 0.6 is 0 Å². The van der Waals surface area contributed by atoms with Gasteiger partial charge in [-0.3, -0.25) is 9.69 Å². The summed E-state index contributed by atoms with van der Waals surface area (Å²) in [4.78, 5) is 25.5. The van der Waals surface area contributed by atoms with Crippen molar-refractivity contribution in [2.24, 2.45) is 0 Å². The third-order valence-corrected chi connectivity index (χ3v) is 4.54. The van der Waals surface area contributed by atoms with Crippen LogP contribution in [0.25, 0.3) is 0 Å². The Morgan fingerprint density at radius 1 is 0.846 bits per heavy atom. The van der Waals surface area contributed by atoms with Crippen molar-refractivity contribution in [1.29, 1.82) is 0 Å². The van der Waals surface area contributed by atoms with Crippen molar-refractivity contribution in [1.82, 2.24) is 4.90 Å². The highest BCUT2D eigenvalue weighted by atomic mass is 16.5. The average molecular weight is 353 g/mol. The highest BCUT2D eigenvalue weighted by Gasteiger charge is 2.11. The van der Waals surface area contributed by atoms with Crippen LogP contribution in [0, 0.1) is 0 Å². The smallest absolute Gasteiger partial charge is 0.335 e. The molecule has 0 aromatic heterocycles. The Morgan fingerprint density at radius 2 is 1.35 bits per heavy atom. The van der Waals surface area contributed by atoms with Gasteiger partial charge in [-0.15, -0.1) is 0 Å². The fourth-order valence-corrected chi connectivity index (χ4v) is 3.06. The minimum absolute atomic E-state index is 0.119. The van der Waals surface area contributed by atoms with Gasteiger partial charge in [0, 0.05) is 32.5 Å². The summed E-state index contributed by atoms with van der Waals surface area (Å²) in [6.07, 6.45) is 0.702. The number of nitrogens with zero attached hydrogens (tertiary/aromatic N) is 1. The molecule has 0 aliphatic carbocycles. The summed E-state index contributed by atoms with van der Waals surface area (Å²) in [5.74, 6) is -0.839. The number of carboxylic acid groups (broad SMARTS) is 1. The molecule has 1 fully saturated rings. The molecule has 2 aromatic carbocycles. The first-order valence-corrected chi connectivity index (χ1v) is 8.82. The molecule has 5 heteroatoms. The van der Waals surface area contributed by atoms with Gasteiger partial charge >= 0.3 is 5.97 Å². The number of carboxylic acids is 1. The molecule has 0 radical (unpaired) electrons. The highest BCUT2D eigenvalue weighted by molar-refractivity contribution is 5.88. The van der Waals surface area contributed by atoms with Gasteiger partial charge in [0.15, 0.2) is 0 Å². The molecule has 5 nitrogen and oxygen atoms in total. The van der Waals surface area contributed by atoms with E-state index in [9.17, 15) is 9.59 Å². The lowest BCUT2D eigenvalue weighted by atomic mass is 10.0. The molecule has 136 valence electrons. The van der Waals surface area contributed by atoms with Crippen molar-refractivity contribution in [3.05, 3.63) is 70.8 Å². The summed E-state index contributed by atoms with van der Waals surface area (Å²) in [6, 6.07) is 14.7. The normalized spacial score (nSPS) is 14.9. The van der Waals surface area contributed by atoms with Crippen LogP contribution in [0.2, 0.25) is 0 Å². The first kappa shape index (κ1) is 18.3. The van der Waals surface area contributed by atoms with Gasteiger partial charge < -0.3 is 9.84 Å². The van der Waals surface area contributed by atoms with E-state index in [1.54, 1.807) is 12.1 Å². The molecule has 0 unspecified atom stereocenters. The monoisotopic (exact) mass is 353 g/mol. The van der Waals surface area contributed by atoms with Crippen molar-refractivity contribution in [3.63, 3.8) is 0 Å². The van der Waals surface area contributed by atoms with Crippen LogP contribution in [0.3, 0.4) is 0 Å². The molecular formula is C21H23NO4. The minimum atomic E-state index is -0.958. The van der Waals surface area contributed by atoms with Crippen LogP contribution in [0.5, 0.6) is 0 Å². The maximum atomic E-state index is 12.3. The predicted molar refractivity (Wildman–Crippen MR) is 98.4 cm³/mol. The number of ether oxygens (including phenoxy) is 1. The average Bonchev–Trinajstić information content (AvgIpc) is 2.64. The Labute approximate surface area is 153 Å². The van der Waals surface area contributed by atoms with E-state index in [0.29, 0.717) is 12.8 Å². The van der Waals surface area contributed by atoms with E-state index >= 15 is 0 Å². The van der Waals surface area contributed by atoms with E-state index < -0.39 is 5.97 Å². The zero-order valence-corrected chi connectivity index (χ0v) is 14.7. The first-order valence-electron chi connectivity index (χ1n) is 8.82. The standard InChI is InChI=1S/C21H23NO4/c23-20(14-17-5-7-19(8-6-17)21(24)25)13-16-1-3-18(4-2-16)15-22-9-11-26-12-10-22/h1-8H,9-15H2,(H,24,25). The van der Waals surface area contributed by atoms with E-state index in [2.05, 4.69) is 17.0 Å². The van der Waals surface area contributed by atoms with Gasteiger partial charge in [0.25, 0.3) is 0 Å². The number of Topliss-reactive ketones (excluding diaryl/α,β-unsaturated/α-hetero) is 1. The Kier molecular flexibility index (Phi) is 6.15. The lowest BCUT2D eigenvalue weighted by molar-refractivity contribution is -0.117. The maximum absolute atomic E-state index is 12.3.